The molecule has 0 atom stereocenters. The molecule has 0 radical (unpaired) electrons. The Morgan fingerprint density at radius 3 is 2.47 bits per heavy atom. The Morgan fingerprint density at radius 2 is 2.05 bits per heavy atom. The number of benzene rings is 1. The number of hydrogen-bond acceptors (Lipinski definition) is 5. The van der Waals surface area contributed by atoms with Gasteiger partial charge in [0.15, 0.2) is 0 Å². The minimum atomic E-state index is -1.34. The molecule has 7 nitrogen and oxygen atoms in total. The fourth-order valence-electron chi connectivity index (χ4n) is 2.17. The number of rotatable bonds is 4. The van der Waals surface area contributed by atoms with Gasteiger partial charge >= 0.3 is 11.9 Å². The van der Waals surface area contributed by atoms with E-state index >= 15 is 0 Å². The smallest absolute Gasteiger partial charge is 0.338 e. The fourth-order valence-corrected chi connectivity index (χ4v) is 2.17. The Hall–Kier alpha value is -2.44. The highest BCUT2D eigenvalue weighted by Gasteiger charge is 2.56. The Morgan fingerprint density at radius 1 is 1.42 bits per heavy atom. The summed E-state index contributed by atoms with van der Waals surface area (Å²) in [5, 5.41) is 20.3. The third-order valence-corrected chi connectivity index (χ3v) is 3.28. The van der Waals surface area contributed by atoms with Crippen molar-refractivity contribution >= 4 is 17.6 Å². The van der Waals surface area contributed by atoms with E-state index in [0.29, 0.717) is 0 Å². The van der Waals surface area contributed by atoms with Gasteiger partial charge in [0.25, 0.3) is 5.69 Å². The lowest BCUT2D eigenvalue weighted by Crippen LogP contribution is -2.24. The second kappa shape index (κ2) is 4.34. The molecular formula is C12H11NO6. The van der Waals surface area contributed by atoms with Crippen molar-refractivity contribution in [2.75, 3.05) is 7.11 Å². The number of esters is 1. The van der Waals surface area contributed by atoms with Crippen LogP contribution >= 0.6 is 0 Å². The van der Waals surface area contributed by atoms with E-state index in [0.717, 1.165) is 7.11 Å². The summed E-state index contributed by atoms with van der Waals surface area (Å²) < 4.78 is 4.56. The van der Waals surface area contributed by atoms with Crippen LogP contribution in [0.15, 0.2) is 18.2 Å². The highest BCUT2D eigenvalue weighted by Crippen LogP contribution is 2.52. The summed E-state index contributed by atoms with van der Waals surface area (Å²) in [6.07, 6.45) is 0.550. The zero-order chi connectivity index (χ0) is 14.2. The lowest BCUT2D eigenvalue weighted by atomic mass is 9.89. The molecule has 1 fully saturated rings. The minimum absolute atomic E-state index is 0.0562. The topological polar surface area (TPSA) is 107 Å². The van der Waals surface area contributed by atoms with Gasteiger partial charge in [-0.15, -0.1) is 0 Å². The molecule has 19 heavy (non-hydrogen) atoms. The number of ether oxygens (including phenoxy) is 1. The molecule has 1 aliphatic rings. The van der Waals surface area contributed by atoms with Gasteiger partial charge in [-0.2, -0.15) is 0 Å². The van der Waals surface area contributed by atoms with Crippen LogP contribution < -0.4 is 0 Å². The number of carboxylic acids is 1. The van der Waals surface area contributed by atoms with Crippen LogP contribution in [0.4, 0.5) is 5.69 Å². The molecule has 0 saturated heterocycles. The summed E-state index contributed by atoms with van der Waals surface area (Å²) in [7, 11) is 1.14. The Kier molecular flexibility index (Phi) is 2.97. The molecule has 0 unspecified atom stereocenters. The number of nitrogens with zero attached hydrogens (tertiary/aromatic N) is 1. The molecule has 0 amide bonds. The van der Waals surface area contributed by atoms with Crippen molar-refractivity contribution < 1.29 is 24.4 Å². The molecule has 1 N–H and O–H groups in total. The van der Waals surface area contributed by atoms with Gasteiger partial charge in [0, 0.05) is 6.07 Å². The van der Waals surface area contributed by atoms with Gasteiger partial charge in [0.1, 0.15) is 5.41 Å². The Labute approximate surface area is 107 Å². The van der Waals surface area contributed by atoms with E-state index in [-0.39, 0.29) is 29.7 Å². The molecule has 1 saturated carbocycles. The van der Waals surface area contributed by atoms with E-state index in [2.05, 4.69) is 4.74 Å². The van der Waals surface area contributed by atoms with Gasteiger partial charge in [-0.25, -0.2) is 4.79 Å². The zero-order valence-electron chi connectivity index (χ0n) is 10.1. The van der Waals surface area contributed by atoms with Crippen molar-refractivity contribution in [3.05, 3.63) is 39.4 Å². The van der Waals surface area contributed by atoms with Crippen molar-refractivity contribution in [1.29, 1.82) is 0 Å². The SMILES string of the molecule is COC(=O)c1cccc([N+](=O)[O-])c1C1(C(=O)O)CC1. The number of nitro groups is 1. The van der Waals surface area contributed by atoms with E-state index in [1.165, 1.54) is 18.2 Å². The molecular weight excluding hydrogens is 254 g/mol. The predicted molar refractivity (Wildman–Crippen MR) is 63.0 cm³/mol. The molecule has 1 aliphatic carbocycles. The molecule has 100 valence electrons. The summed E-state index contributed by atoms with van der Waals surface area (Å²) in [6, 6.07) is 3.88. The van der Waals surface area contributed by atoms with E-state index in [1.807, 2.05) is 0 Å². The van der Waals surface area contributed by atoms with Gasteiger partial charge in [0.2, 0.25) is 0 Å². The average Bonchev–Trinajstić information content (AvgIpc) is 3.18. The molecule has 0 aromatic heterocycles. The van der Waals surface area contributed by atoms with Crippen molar-refractivity contribution in [3.63, 3.8) is 0 Å². The highest BCUT2D eigenvalue weighted by atomic mass is 16.6. The summed E-state index contributed by atoms with van der Waals surface area (Å²) >= 11 is 0. The second-order valence-electron chi connectivity index (χ2n) is 4.34. The van der Waals surface area contributed by atoms with E-state index in [9.17, 15) is 24.8 Å². The third kappa shape index (κ3) is 1.92. The summed E-state index contributed by atoms with van der Waals surface area (Å²) in [5.41, 5.74) is -1.81. The summed E-state index contributed by atoms with van der Waals surface area (Å²) in [5.74, 6) is -1.93. The van der Waals surface area contributed by atoms with Crippen LogP contribution in [0.1, 0.15) is 28.8 Å². The van der Waals surface area contributed by atoms with Gasteiger partial charge in [0.05, 0.1) is 23.2 Å². The third-order valence-electron chi connectivity index (χ3n) is 3.28. The Bertz CT molecular complexity index is 576. The number of carbonyl (C=O) groups is 2. The highest BCUT2D eigenvalue weighted by molar-refractivity contribution is 5.97. The van der Waals surface area contributed by atoms with E-state index in [4.69, 9.17) is 0 Å². The second-order valence-corrected chi connectivity index (χ2v) is 4.34. The molecule has 0 spiro atoms. The van der Waals surface area contributed by atoms with Crippen molar-refractivity contribution in [3.8, 4) is 0 Å². The summed E-state index contributed by atoms with van der Waals surface area (Å²) in [6.45, 7) is 0. The standard InChI is InChI=1S/C12H11NO6/c1-19-10(14)7-3-2-4-8(13(17)18)9(7)12(5-6-12)11(15)16/h2-4H,5-6H2,1H3,(H,15,16). The largest absolute Gasteiger partial charge is 0.481 e. The van der Waals surface area contributed by atoms with E-state index < -0.39 is 22.3 Å². The van der Waals surface area contributed by atoms with Gasteiger partial charge in [-0.3, -0.25) is 14.9 Å². The first-order valence-electron chi connectivity index (χ1n) is 5.53. The number of hydrogen-bond donors (Lipinski definition) is 1. The monoisotopic (exact) mass is 265 g/mol. The van der Waals surface area contributed by atoms with E-state index in [1.54, 1.807) is 0 Å². The van der Waals surface area contributed by atoms with Crippen LogP contribution in [-0.4, -0.2) is 29.1 Å². The van der Waals surface area contributed by atoms with Gasteiger partial charge < -0.3 is 9.84 Å². The maximum Gasteiger partial charge on any atom is 0.338 e. The minimum Gasteiger partial charge on any atom is -0.481 e. The molecule has 1 aromatic carbocycles. The number of carbonyl (C=O) groups excluding carboxylic acids is 1. The van der Waals surface area contributed by atoms with Crippen molar-refractivity contribution in [1.82, 2.24) is 0 Å². The molecule has 0 aliphatic heterocycles. The van der Waals surface area contributed by atoms with Crippen LogP contribution in [0.5, 0.6) is 0 Å². The molecule has 2 rings (SSSR count). The Balaban J connectivity index is 2.71. The average molecular weight is 265 g/mol. The predicted octanol–water partition coefficient (Wildman–Crippen LogP) is 1.50. The van der Waals surface area contributed by atoms with Crippen molar-refractivity contribution in [2.45, 2.75) is 18.3 Å². The first-order valence-corrected chi connectivity index (χ1v) is 5.53. The van der Waals surface area contributed by atoms with Crippen LogP contribution in [0, 0.1) is 10.1 Å². The summed E-state index contributed by atoms with van der Waals surface area (Å²) in [4.78, 5) is 33.4. The lowest BCUT2D eigenvalue weighted by Gasteiger charge is -2.14. The first-order chi connectivity index (χ1) is 8.94. The molecule has 0 bridgehead atoms. The number of nitro benzene ring substituents is 1. The van der Waals surface area contributed by atoms with Crippen LogP contribution in [0.2, 0.25) is 0 Å². The number of methoxy groups -OCH3 is 1. The van der Waals surface area contributed by atoms with Crippen LogP contribution in [0.25, 0.3) is 0 Å². The van der Waals surface area contributed by atoms with Crippen LogP contribution in [-0.2, 0) is 14.9 Å². The first kappa shape index (κ1) is 13.0. The lowest BCUT2D eigenvalue weighted by molar-refractivity contribution is -0.385. The number of carboxylic acid groups (broad SMARTS) is 1. The fraction of sp³-hybridized carbons (Fsp3) is 0.333. The maximum atomic E-state index is 11.7. The quantitative estimate of drug-likeness (QED) is 0.502. The zero-order valence-corrected chi connectivity index (χ0v) is 10.1. The van der Waals surface area contributed by atoms with Crippen molar-refractivity contribution in [2.24, 2.45) is 0 Å². The normalized spacial score (nSPS) is 15.6. The number of aliphatic carboxylic acids is 1. The van der Waals surface area contributed by atoms with Gasteiger partial charge in [-0.05, 0) is 18.9 Å². The van der Waals surface area contributed by atoms with Crippen LogP contribution in [0.3, 0.4) is 0 Å². The maximum absolute atomic E-state index is 11.7. The molecule has 7 heteroatoms. The molecule has 0 heterocycles. The van der Waals surface area contributed by atoms with Gasteiger partial charge in [-0.1, -0.05) is 6.07 Å². The molecule has 1 aromatic rings.